The van der Waals surface area contributed by atoms with E-state index < -0.39 is 0 Å². The Kier molecular flexibility index (Phi) is 2.75. The molecule has 4 heteroatoms. The summed E-state index contributed by atoms with van der Waals surface area (Å²) in [5, 5.41) is 0.0208. The van der Waals surface area contributed by atoms with Gasteiger partial charge in [-0.25, -0.2) is 0 Å². The van der Waals surface area contributed by atoms with Crippen LogP contribution in [0.2, 0.25) is 0 Å². The Balaban J connectivity index is 2.28. The van der Waals surface area contributed by atoms with Crippen molar-refractivity contribution in [2.75, 3.05) is 13.2 Å². The SMILES string of the molecule is Br[C@@H]1OCCO[C@H]1Br. The molecule has 0 aromatic rings. The smallest absolute Gasteiger partial charge is 0.148 e. The maximum absolute atomic E-state index is 5.13. The minimum atomic E-state index is 0.0104. The van der Waals surface area contributed by atoms with Crippen LogP contribution in [-0.4, -0.2) is 23.2 Å². The van der Waals surface area contributed by atoms with Crippen LogP contribution in [0.15, 0.2) is 0 Å². The monoisotopic (exact) mass is 244 g/mol. The van der Waals surface area contributed by atoms with E-state index in [-0.39, 0.29) is 10.0 Å². The molecule has 1 saturated heterocycles. The van der Waals surface area contributed by atoms with Gasteiger partial charge in [0.25, 0.3) is 0 Å². The van der Waals surface area contributed by atoms with Gasteiger partial charge in [0.05, 0.1) is 13.2 Å². The summed E-state index contributed by atoms with van der Waals surface area (Å²) in [6.07, 6.45) is 0. The number of hydrogen-bond acceptors (Lipinski definition) is 2. The van der Waals surface area contributed by atoms with E-state index in [4.69, 9.17) is 9.47 Å². The summed E-state index contributed by atoms with van der Waals surface area (Å²) in [4.78, 5) is 0. The lowest BCUT2D eigenvalue weighted by molar-refractivity contribution is -0.0603. The van der Waals surface area contributed by atoms with Crippen molar-refractivity contribution in [3.63, 3.8) is 0 Å². The Morgan fingerprint density at radius 3 is 1.62 bits per heavy atom. The first-order valence-corrected chi connectivity index (χ1v) is 4.15. The molecule has 0 aromatic carbocycles. The van der Waals surface area contributed by atoms with Crippen LogP contribution in [-0.2, 0) is 9.47 Å². The summed E-state index contributed by atoms with van der Waals surface area (Å²) in [5.41, 5.74) is 0. The molecule has 0 bridgehead atoms. The van der Waals surface area contributed by atoms with Gasteiger partial charge in [-0.3, -0.25) is 0 Å². The first kappa shape index (κ1) is 6.99. The molecule has 0 radical (unpaired) electrons. The number of hydrogen-bond donors (Lipinski definition) is 0. The molecule has 0 spiro atoms. The number of rotatable bonds is 0. The normalized spacial score (nSPS) is 39.8. The molecule has 0 aromatic heterocycles. The first-order valence-electron chi connectivity index (χ1n) is 2.32. The van der Waals surface area contributed by atoms with Crippen molar-refractivity contribution in [2.24, 2.45) is 0 Å². The zero-order valence-corrected chi connectivity index (χ0v) is 7.31. The second-order valence-corrected chi connectivity index (χ2v) is 3.25. The zero-order chi connectivity index (χ0) is 5.98. The summed E-state index contributed by atoms with van der Waals surface area (Å²) in [6, 6.07) is 0. The lowest BCUT2D eigenvalue weighted by Gasteiger charge is -2.22. The number of alkyl halides is 2. The summed E-state index contributed by atoms with van der Waals surface area (Å²) < 4.78 is 10.3. The highest BCUT2D eigenvalue weighted by Gasteiger charge is 2.20. The number of halogens is 2. The lowest BCUT2D eigenvalue weighted by atomic mass is 10.6. The van der Waals surface area contributed by atoms with E-state index in [1.54, 1.807) is 0 Å². The molecule has 0 aliphatic carbocycles. The Bertz CT molecular complexity index is 68.4. The Labute approximate surface area is 64.8 Å². The van der Waals surface area contributed by atoms with Crippen molar-refractivity contribution < 1.29 is 9.47 Å². The molecule has 0 N–H and O–H groups in total. The summed E-state index contributed by atoms with van der Waals surface area (Å²) in [6.45, 7) is 1.36. The molecule has 2 nitrogen and oxygen atoms in total. The standard InChI is InChI=1S/C4H6Br2O2/c5-3-4(6)8-2-1-7-3/h3-4H,1-2H2/t3-,4-/m1/s1. The molecule has 1 aliphatic heterocycles. The van der Waals surface area contributed by atoms with Crippen molar-refractivity contribution in [2.45, 2.75) is 10.0 Å². The highest BCUT2D eigenvalue weighted by Crippen LogP contribution is 2.19. The average Bonchev–Trinajstić information content (AvgIpc) is 1.77. The predicted molar refractivity (Wildman–Crippen MR) is 37.3 cm³/mol. The van der Waals surface area contributed by atoms with Crippen LogP contribution in [0.1, 0.15) is 0 Å². The van der Waals surface area contributed by atoms with Crippen LogP contribution in [0.5, 0.6) is 0 Å². The lowest BCUT2D eigenvalue weighted by Crippen LogP contribution is -2.29. The molecule has 8 heavy (non-hydrogen) atoms. The molecule has 0 amide bonds. The van der Waals surface area contributed by atoms with Gasteiger partial charge in [0, 0.05) is 0 Å². The van der Waals surface area contributed by atoms with Crippen molar-refractivity contribution >= 4 is 31.9 Å². The molecule has 1 heterocycles. The Morgan fingerprint density at radius 2 is 1.38 bits per heavy atom. The van der Waals surface area contributed by atoms with Gasteiger partial charge in [0.1, 0.15) is 10.0 Å². The number of ether oxygens (including phenoxy) is 2. The molecule has 48 valence electrons. The fraction of sp³-hybridized carbons (Fsp3) is 1.00. The van der Waals surface area contributed by atoms with Crippen molar-refractivity contribution in [3.8, 4) is 0 Å². The van der Waals surface area contributed by atoms with E-state index in [1.807, 2.05) is 0 Å². The summed E-state index contributed by atoms with van der Waals surface area (Å²) >= 11 is 6.52. The molecule has 1 fully saturated rings. The van der Waals surface area contributed by atoms with Gasteiger partial charge in [0.2, 0.25) is 0 Å². The second kappa shape index (κ2) is 3.15. The zero-order valence-electron chi connectivity index (χ0n) is 4.14. The third kappa shape index (κ3) is 1.69. The van der Waals surface area contributed by atoms with Crippen molar-refractivity contribution in [1.29, 1.82) is 0 Å². The first-order chi connectivity index (χ1) is 3.80. The van der Waals surface area contributed by atoms with Gasteiger partial charge < -0.3 is 9.47 Å². The summed E-state index contributed by atoms with van der Waals surface area (Å²) in [5.74, 6) is 0. The van der Waals surface area contributed by atoms with Crippen LogP contribution in [0, 0.1) is 0 Å². The van der Waals surface area contributed by atoms with E-state index in [2.05, 4.69) is 31.9 Å². The van der Waals surface area contributed by atoms with Crippen LogP contribution >= 0.6 is 31.9 Å². The van der Waals surface area contributed by atoms with Gasteiger partial charge >= 0.3 is 0 Å². The summed E-state index contributed by atoms with van der Waals surface area (Å²) in [7, 11) is 0. The van der Waals surface area contributed by atoms with Gasteiger partial charge in [-0.2, -0.15) is 0 Å². The fourth-order valence-electron chi connectivity index (χ4n) is 0.473. The Morgan fingerprint density at radius 1 is 1.00 bits per heavy atom. The van der Waals surface area contributed by atoms with Crippen molar-refractivity contribution in [1.82, 2.24) is 0 Å². The highest BCUT2D eigenvalue weighted by molar-refractivity contribution is 9.12. The largest absolute Gasteiger partial charge is 0.361 e. The molecule has 2 atom stereocenters. The second-order valence-electron chi connectivity index (χ2n) is 1.44. The minimum Gasteiger partial charge on any atom is -0.361 e. The molecule has 1 rings (SSSR count). The van der Waals surface area contributed by atoms with Gasteiger partial charge in [-0.05, 0) is 0 Å². The van der Waals surface area contributed by atoms with E-state index in [0.29, 0.717) is 13.2 Å². The van der Waals surface area contributed by atoms with Crippen LogP contribution in [0.4, 0.5) is 0 Å². The average molecular weight is 246 g/mol. The van der Waals surface area contributed by atoms with Crippen LogP contribution in [0.3, 0.4) is 0 Å². The quantitative estimate of drug-likeness (QED) is 0.602. The van der Waals surface area contributed by atoms with Gasteiger partial charge in [0.15, 0.2) is 0 Å². The van der Waals surface area contributed by atoms with E-state index >= 15 is 0 Å². The van der Waals surface area contributed by atoms with E-state index in [0.717, 1.165) is 0 Å². The third-order valence-electron chi connectivity index (χ3n) is 0.844. The molecule has 0 saturated carbocycles. The predicted octanol–water partition coefficient (Wildman–Crippen LogP) is 1.48. The van der Waals surface area contributed by atoms with Crippen molar-refractivity contribution in [3.05, 3.63) is 0 Å². The highest BCUT2D eigenvalue weighted by atomic mass is 79.9. The van der Waals surface area contributed by atoms with Crippen LogP contribution < -0.4 is 0 Å². The molecular formula is C4H6Br2O2. The maximum atomic E-state index is 5.13. The Hall–Kier alpha value is 0.880. The van der Waals surface area contributed by atoms with E-state index in [1.165, 1.54) is 0 Å². The molecule has 0 unspecified atom stereocenters. The molecular weight excluding hydrogens is 240 g/mol. The minimum absolute atomic E-state index is 0.0104. The van der Waals surface area contributed by atoms with E-state index in [9.17, 15) is 0 Å². The topological polar surface area (TPSA) is 18.5 Å². The van der Waals surface area contributed by atoms with Crippen LogP contribution in [0.25, 0.3) is 0 Å². The molecule has 1 aliphatic rings. The maximum Gasteiger partial charge on any atom is 0.148 e. The third-order valence-corrected chi connectivity index (χ3v) is 3.04. The fourth-order valence-corrected chi connectivity index (χ4v) is 1.15. The van der Waals surface area contributed by atoms with Gasteiger partial charge in [-0.15, -0.1) is 0 Å². The van der Waals surface area contributed by atoms with Gasteiger partial charge in [-0.1, -0.05) is 31.9 Å².